The number of amides is 1. The van der Waals surface area contributed by atoms with Crippen molar-refractivity contribution in [2.75, 3.05) is 5.43 Å². The van der Waals surface area contributed by atoms with Crippen LogP contribution in [0.2, 0.25) is 0 Å². The second-order valence-corrected chi connectivity index (χ2v) is 5.18. The Morgan fingerprint density at radius 1 is 1.26 bits per heavy atom. The molecule has 4 nitrogen and oxygen atoms in total. The Morgan fingerprint density at radius 2 is 1.79 bits per heavy atom. The fourth-order valence-corrected chi connectivity index (χ4v) is 2.47. The summed E-state index contributed by atoms with van der Waals surface area (Å²) in [5.41, 5.74) is 1.16. The van der Waals surface area contributed by atoms with Gasteiger partial charge in [-0.15, -0.1) is 0 Å². The molecule has 0 aromatic heterocycles. The van der Waals surface area contributed by atoms with E-state index in [1.54, 1.807) is 0 Å². The number of anilines is 1. The molecule has 1 saturated carbocycles. The molecule has 0 atom stereocenters. The van der Waals surface area contributed by atoms with E-state index in [-0.39, 0.29) is 11.1 Å². The van der Waals surface area contributed by atoms with Crippen molar-refractivity contribution in [2.24, 2.45) is 5.84 Å². The molecule has 0 aliphatic heterocycles. The second kappa shape index (κ2) is 5.13. The van der Waals surface area contributed by atoms with Crippen LogP contribution in [0.1, 0.15) is 43.0 Å². The number of nitrogens with two attached hydrogens (primary N) is 1. The van der Waals surface area contributed by atoms with Gasteiger partial charge in [0.2, 0.25) is 0 Å². The first-order chi connectivity index (χ1) is 8.95. The van der Waals surface area contributed by atoms with Crippen molar-refractivity contribution in [2.45, 2.75) is 38.1 Å². The Labute approximate surface area is 110 Å². The number of carbonyl (C=O) groups is 1. The summed E-state index contributed by atoms with van der Waals surface area (Å²) in [5, 5.41) is 2.84. The van der Waals surface area contributed by atoms with Crippen LogP contribution in [0.15, 0.2) is 12.1 Å². The molecule has 0 heterocycles. The highest BCUT2D eigenvalue weighted by Gasteiger charge is 2.30. The average Bonchev–Trinajstić information content (AvgIpc) is 2.75. The zero-order chi connectivity index (χ0) is 14.0. The summed E-state index contributed by atoms with van der Waals surface area (Å²) in [7, 11) is 0. The fraction of sp³-hybridized carbons (Fsp3) is 0.462. The van der Waals surface area contributed by atoms with Gasteiger partial charge in [-0.25, -0.2) is 8.78 Å². The van der Waals surface area contributed by atoms with E-state index in [9.17, 15) is 13.6 Å². The number of benzene rings is 1. The zero-order valence-electron chi connectivity index (χ0n) is 10.7. The molecule has 1 aliphatic carbocycles. The molecular weight excluding hydrogens is 252 g/mol. The monoisotopic (exact) mass is 269 g/mol. The van der Waals surface area contributed by atoms with E-state index in [0.29, 0.717) is 0 Å². The molecule has 0 radical (unpaired) electrons. The first-order valence-electron chi connectivity index (χ1n) is 6.23. The number of halogens is 2. The lowest BCUT2D eigenvalue weighted by Crippen LogP contribution is -2.43. The molecule has 1 aliphatic rings. The predicted molar refractivity (Wildman–Crippen MR) is 68.5 cm³/mol. The number of hydrazine groups is 1. The third-order valence-electron chi connectivity index (χ3n) is 3.57. The smallest absolute Gasteiger partial charge is 0.251 e. The molecule has 19 heavy (non-hydrogen) atoms. The summed E-state index contributed by atoms with van der Waals surface area (Å²) >= 11 is 0. The normalized spacial score (nSPS) is 17.3. The molecule has 2 rings (SSSR count). The standard InChI is InChI=1S/C13H17F2N3O/c1-13(4-2-3-5-13)17-12(19)8-6-9(14)11(18-16)10(15)7-8/h6-7,18H,2-5,16H2,1H3,(H,17,19). The maximum Gasteiger partial charge on any atom is 0.251 e. The van der Waals surface area contributed by atoms with E-state index >= 15 is 0 Å². The highest BCUT2D eigenvalue weighted by molar-refractivity contribution is 5.95. The Bertz CT molecular complexity index is 476. The summed E-state index contributed by atoms with van der Waals surface area (Å²) in [6.07, 6.45) is 3.86. The third-order valence-corrected chi connectivity index (χ3v) is 3.57. The quantitative estimate of drug-likeness (QED) is 0.582. The van der Waals surface area contributed by atoms with Crippen LogP contribution in [-0.2, 0) is 0 Å². The lowest BCUT2D eigenvalue weighted by Gasteiger charge is -2.25. The molecule has 4 N–H and O–H groups in total. The summed E-state index contributed by atoms with van der Waals surface area (Å²) in [5.74, 6) is 2.76. The Morgan fingerprint density at radius 3 is 2.26 bits per heavy atom. The molecule has 1 aromatic rings. The SMILES string of the molecule is CC1(NC(=O)c2cc(F)c(NN)c(F)c2)CCCC1. The first kappa shape index (κ1) is 13.7. The molecule has 0 spiro atoms. The van der Waals surface area contributed by atoms with Crippen LogP contribution in [0.5, 0.6) is 0 Å². The van der Waals surface area contributed by atoms with Crippen molar-refractivity contribution in [1.82, 2.24) is 5.32 Å². The number of hydrogen-bond acceptors (Lipinski definition) is 3. The van der Waals surface area contributed by atoms with Crippen molar-refractivity contribution in [3.05, 3.63) is 29.3 Å². The largest absolute Gasteiger partial charge is 0.347 e. The predicted octanol–water partition coefficient (Wildman–Crippen LogP) is 2.31. The van der Waals surface area contributed by atoms with Crippen molar-refractivity contribution in [3.63, 3.8) is 0 Å². The third kappa shape index (κ3) is 2.84. The van der Waals surface area contributed by atoms with E-state index in [1.807, 2.05) is 12.3 Å². The molecule has 0 saturated heterocycles. The molecule has 0 unspecified atom stereocenters. The number of carbonyl (C=O) groups excluding carboxylic acids is 1. The lowest BCUT2D eigenvalue weighted by molar-refractivity contribution is 0.0907. The second-order valence-electron chi connectivity index (χ2n) is 5.18. The minimum absolute atomic E-state index is 0.0397. The van der Waals surface area contributed by atoms with Gasteiger partial charge in [0, 0.05) is 11.1 Å². The van der Waals surface area contributed by atoms with Crippen molar-refractivity contribution in [3.8, 4) is 0 Å². The van der Waals surface area contributed by atoms with Crippen LogP contribution in [0, 0.1) is 11.6 Å². The summed E-state index contributed by atoms with van der Waals surface area (Å²) in [4.78, 5) is 12.0. The van der Waals surface area contributed by atoms with Gasteiger partial charge in [-0.1, -0.05) is 12.8 Å². The number of nitrogens with one attached hydrogen (secondary N) is 2. The summed E-state index contributed by atoms with van der Waals surface area (Å²) in [6.45, 7) is 1.94. The molecular formula is C13H17F2N3O. The van der Waals surface area contributed by atoms with Crippen LogP contribution in [0.25, 0.3) is 0 Å². The minimum Gasteiger partial charge on any atom is -0.347 e. The van der Waals surface area contributed by atoms with Crippen molar-refractivity contribution in [1.29, 1.82) is 0 Å². The van der Waals surface area contributed by atoms with Gasteiger partial charge in [-0.3, -0.25) is 10.6 Å². The number of hydrogen-bond donors (Lipinski definition) is 3. The molecule has 104 valence electrons. The zero-order valence-corrected chi connectivity index (χ0v) is 10.7. The Hall–Kier alpha value is -1.69. The van der Waals surface area contributed by atoms with Gasteiger partial charge >= 0.3 is 0 Å². The fourth-order valence-electron chi connectivity index (χ4n) is 2.47. The van der Waals surface area contributed by atoms with E-state index < -0.39 is 23.2 Å². The Kier molecular flexibility index (Phi) is 3.71. The van der Waals surface area contributed by atoms with Gasteiger partial charge in [-0.2, -0.15) is 0 Å². The van der Waals surface area contributed by atoms with Gasteiger partial charge in [-0.05, 0) is 31.9 Å². The van der Waals surface area contributed by atoms with Gasteiger partial charge in [0.25, 0.3) is 5.91 Å². The lowest BCUT2D eigenvalue weighted by atomic mass is 10.00. The minimum atomic E-state index is -0.885. The van der Waals surface area contributed by atoms with Crippen LogP contribution < -0.4 is 16.6 Å². The number of rotatable bonds is 3. The maximum absolute atomic E-state index is 13.5. The topological polar surface area (TPSA) is 67.2 Å². The highest BCUT2D eigenvalue weighted by atomic mass is 19.1. The van der Waals surface area contributed by atoms with Crippen molar-refractivity contribution >= 4 is 11.6 Å². The van der Waals surface area contributed by atoms with Crippen molar-refractivity contribution < 1.29 is 13.6 Å². The highest BCUT2D eigenvalue weighted by Crippen LogP contribution is 2.29. The Balaban J connectivity index is 2.20. The van der Waals surface area contributed by atoms with Gasteiger partial charge in [0.05, 0.1) is 0 Å². The van der Waals surface area contributed by atoms with Gasteiger partial charge < -0.3 is 10.7 Å². The number of nitrogen functional groups attached to an aromatic ring is 1. The maximum atomic E-state index is 13.5. The molecule has 1 aromatic carbocycles. The van der Waals surface area contributed by atoms with E-state index in [4.69, 9.17) is 5.84 Å². The van der Waals surface area contributed by atoms with Crippen LogP contribution >= 0.6 is 0 Å². The summed E-state index contributed by atoms with van der Waals surface area (Å²) < 4.78 is 27.0. The summed E-state index contributed by atoms with van der Waals surface area (Å²) in [6, 6.07) is 1.96. The van der Waals surface area contributed by atoms with Gasteiger partial charge in [0.1, 0.15) is 5.69 Å². The van der Waals surface area contributed by atoms with E-state index in [2.05, 4.69) is 5.32 Å². The van der Waals surface area contributed by atoms with Crippen LogP contribution in [0.4, 0.5) is 14.5 Å². The van der Waals surface area contributed by atoms with E-state index in [0.717, 1.165) is 37.8 Å². The van der Waals surface area contributed by atoms with E-state index in [1.165, 1.54) is 0 Å². The molecule has 6 heteroatoms. The van der Waals surface area contributed by atoms with Crippen LogP contribution in [0.3, 0.4) is 0 Å². The molecule has 1 amide bonds. The average molecular weight is 269 g/mol. The molecule has 1 fully saturated rings. The van der Waals surface area contributed by atoms with Crippen LogP contribution in [-0.4, -0.2) is 11.4 Å². The first-order valence-corrected chi connectivity index (χ1v) is 6.23. The molecule has 0 bridgehead atoms. The van der Waals surface area contributed by atoms with Gasteiger partial charge in [0.15, 0.2) is 11.6 Å².